The SMILES string of the molecule is CC(=O)Nc1cc(NC(C)=O)cc(C(=O)O[C@H](C)C(=O)Nc2ccccc2)c1. The van der Waals surface area contributed by atoms with Crippen LogP contribution in [0.5, 0.6) is 0 Å². The van der Waals surface area contributed by atoms with Crippen molar-refractivity contribution in [3.05, 3.63) is 54.1 Å². The Morgan fingerprint density at radius 3 is 1.82 bits per heavy atom. The van der Waals surface area contributed by atoms with E-state index in [0.29, 0.717) is 17.1 Å². The van der Waals surface area contributed by atoms with Gasteiger partial charge in [0.05, 0.1) is 5.56 Å². The molecule has 28 heavy (non-hydrogen) atoms. The summed E-state index contributed by atoms with van der Waals surface area (Å²) in [5, 5.41) is 7.73. The molecule has 2 rings (SSSR count). The van der Waals surface area contributed by atoms with Crippen LogP contribution in [0, 0.1) is 0 Å². The number of amides is 3. The van der Waals surface area contributed by atoms with Crippen molar-refractivity contribution in [1.82, 2.24) is 0 Å². The van der Waals surface area contributed by atoms with Crippen LogP contribution in [0.1, 0.15) is 31.1 Å². The van der Waals surface area contributed by atoms with Crippen LogP contribution in [0.25, 0.3) is 0 Å². The predicted octanol–water partition coefficient (Wildman–Crippen LogP) is 2.79. The van der Waals surface area contributed by atoms with Gasteiger partial charge in [0.2, 0.25) is 11.8 Å². The maximum absolute atomic E-state index is 12.5. The van der Waals surface area contributed by atoms with Crippen LogP contribution >= 0.6 is 0 Å². The van der Waals surface area contributed by atoms with E-state index < -0.39 is 18.0 Å². The number of rotatable bonds is 6. The molecule has 0 aliphatic heterocycles. The van der Waals surface area contributed by atoms with E-state index in [1.807, 2.05) is 6.07 Å². The molecule has 0 saturated carbocycles. The van der Waals surface area contributed by atoms with Crippen LogP contribution in [0.4, 0.5) is 17.1 Å². The summed E-state index contributed by atoms with van der Waals surface area (Å²) in [6.45, 7) is 4.08. The summed E-state index contributed by atoms with van der Waals surface area (Å²) >= 11 is 0. The maximum Gasteiger partial charge on any atom is 0.339 e. The molecule has 0 unspecified atom stereocenters. The van der Waals surface area contributed by atoms with Crippen molar-refractivity contribution < 1.29 is 23.9 Å². The second-order valence-corrected chi connectivity index (χ2v) is 6.06. The van der Waals surface area contributed by atoms with Gasteiger partial charge in [0.15, 0.2) is 6.10 Å². The number of hydrogen-bond acceptors (Lipinski definition) is 5. The summed E-state index contributed by atoms with van der Waals surface area (Å²) in [6.07, 6.45) is -1.05. The number of nitrogens with one attached hydrogen (secondary N) is 3. The number of esters is 1. The van der Waals surface area contributed by atoms with Crippen LogP contribution in [-0.4, -0.2) is 29.8 Å². The van der Waals surface area contributed by atoms with Crippen LogP contribution in [0.2, 0.25) is 0 Å². The molecule has 3 N–H and O–H groups in total. The molecule has 0 radical (unpaired) electrons. The van der Waals surface area contributed by atoms with Crippen LogP contribution in [0.3, 0.4) is 0 Å². The van der Waals surface area contributed by atoms with E-state index in [1.54, 1.807) is 24.3 Å². The molecule has 146 valence electrons. The summed E-state index contributed by atoms with van der Waals surface area (Å²) in [6, 6.07) is 13.1. The van der Waals surface area contributed by atoms with Gasteiger partial charge in [0.25, 0.3) is 5.91 Å². The fourth-order valence-corrected chi connectivity index (χ4v) is 2.34. The Hall–Kier alpha value is -3.68. The molecule has 8 nitrogen and oxygen atoms in total. The van der Waals surface area contributed by atoms with E-state index in [2.05, 4.69) is 16.0 Å². The number of benzene rings is 2. The summed E-state index contributed by atoms with van der Waals surface area (Å²) in [7, 11) is 0. The van der Waals surface area contributed by atoms with Crippen molar-refractivity contribution in [3.8, 4) is 0 Å². The topological polar surface area (TPSA) is 114 Å². The largest absolute Gasteiger partial charge is 0.449 e. The standard InChI is InChI=1S/C20H21N3O5/c1-12(19(26)23-16-7-5-4-6-8-16)28-20(27)15-9-17(21-13(2)24)11-18(10-15)22-14(3)25/h4-12H,1-3H3,(H,21,24)(H,22,25)(H,23,26)/t12-/m1/s1. The number of para-hydroxylation sites is 1. The Balaban J connectivity index is 2.13. The van der Waals surface area contributed by atoms with Gasteiger partial charge in [-0.05, 0) is 37.3 Å². The Morgan fingerprint density at radius 1 is 0.786 bits per heavy atom. The molecule has 0 bridgehead atoms. The highest BCUT2D eigenvalue weighted by atomic mass is 16.5. The monoisotopic (exact) mass is 383 g/mol. The number of carbonyl (C=O) groups is 4. The maximum atomic E-state index is 12.5. The molecule has 0 aromatic heterocycles. The van der Waals surface area contributed by atoms with Crippen LogP contribution in [-0.2, 0) is 19.1 Å². The average Bonchev–Trinajstić information content (AvgIpc) is 2.61. The summed E-state index contributed by atoms with van der Waals surface area (Å²) in [4.78, 5) is 47.3. The van der Waals surface area contributed by atoms with Crippen molar-refractivity contribution in [2.75, 3.05) is 16.0 Å². The lowest BCUT2D eigenvalue weighted by Crippen LogP contribution is -2.30. The zero-order valence-electron chi connectivity index (χ0n) is 15.7. The minimum Gasteiger partial charge on any atom is -0.449 e. The first kappa shape index (κ1) is 20.6. The minimum atomic E-state index is -1.05. The molecule has 2 aromatic carbocycles. The van der Waals surface area contributed by atoms with Gasteiger partial charge in [-0.3, -0.25) is 14.4 Å². The Morgan fingerprint density at radius 2 is 1.32 bits per heavy atom. The molecule has 0 aliphatic rings. The summed E-state index contributed by atoms with van der Waals surface area (Å²) in [5.74, 6) is -1.93. The Bertz CT molecular complexity index is 862. The molecule has 0 fully saturated rings. The number of hydrogen-bond donors (Lipinski definition) is 3. The average molecular weight is 383 g/mol. The molecule has 0 saturated heterocycles. The molecule has 2 aromatic rings. The molecule has 8 heteroatoms. The quantitative estimate of drug-likeness (QED) is 0.664. The van der Waals surface area contributed by atoms with Crippen LogP contribution in [0.15, 0.2) is 48.5 Å². The van der Waals surface area contributed by atoms with Gasteiger partial charge in [-0.15, -0.1) is 0 Å². The third-order valence-corrected chi connectivity index (χ3v) is 3.50. The molecule has 0 spiro atoms. The Kier molecular flexibility index (Phi) is 6.86. The van der Waals surface area contributed by atoms with Gasteiger partial charge in [-0.2, -0.15) is 0 Å². The number of carbonyl (C=O) groups excluding carboxylic acids is 4. The van der Waals surface area contributed by atoms with Gasteiger partial charge in [-0.25, -0.2) is 4.79 Å². The van der Waals surface area contributed by atoms with Crippen molar-refractivity contribution in [3.63, 3.8) is 0 Å². The number of ether oxygens (including phenoxy) is 1. The highest BCUT2D eigenvalue weighted by Gasteiger charge is 2.20. The first-order valence-corrected chi connectivity index (χ1v) is 8.52. The van der Waals surface area contributed by atoms with E-state index >= 15 is 0 Å². The second-order valence-electron chi connectivity index (χ2n) is 6.06. The predicted molar refractivity (Wildman–Crippen MR) is 105 cm³/mol. The molecule has 0 aliphatic carbocycles. The zero-order chi connectivity index (χ0) is 20.7. The Labute approximate surface area is 162 Å². The number of anilines is 3. The van der Waals surface area contributed by atoms with Crippen molar-refractivity contribution in [1.29, 1.82) is 0 Å². The first-order valence-electron chi connectivity index (χ1n) is 8.52. The molecule has 1 atom stereocenters. The lowest BCUT2D eigenvalue weighted by molar-refractivity contribution is -0.123. The highest BCUT2D eigenvalue weighted by Crippen LogP contribution is 2.21. The van der Waals surface area contributed by atoms with Crippen molar-refractivity contribution in [2.45, 2.75) is 26.9 Å². The third kappa shape index (κ3) is 6.24. The van der Waals surface area contributed by atoms with E-state index in [4.69, 9.17) is 4.74 Å². The molecule has 3 amide bonds. The van der Waals surface area contributed by atoms with E-state index in [-0.39, 0.29) is 17.4 Å². The third-order valence-electron chi connectivity index (χ3n) is 3.50. The van der Waals surface area contributed by atoms with E-state index in [9.17, 15) is 19.2 Å². The highest BCUT2D eigenvalue weighted by molar-refractivity contribution is 6.00. The normalized spacial score (nSPS) is 11.1. The van der Waals surface area contributed by atoms with E-state index in [0.717, 1.165) is 0 Å². The van der Waals surface area contributed by atoms with Crippen LogP contribution < -0.4 is 16.0 Å². The van der Waals surface area contributed by atoms with Gasteiger partial charge in [0, 0.05) is 30.9 Å². The fraction of sp³-hybridized carbons (Fsp3) is 0.200. The van der Waals surface area contributed by atoms with E-state index in [1.165, 1.54) is 39.0 Å². The second kappa shape index (κ2) is 9.31. The van der Waals surface area contributed by atoms with Gasteiger partial charge in [0.1, 0.15) is 0 Å². The van der Waals surface area contributed by atoms with Gasteiger partial charge < -0.3 is 20.7 Å². The van der Waals surface area contributed by atoms with Gasteiger partial charge in [-0.1, -0.05) is 18.2 Å². The summed E-state index contributed by atoms with van der Waals surface area (Å²) < 4.78 is 5.21. The zero-order valence-corrected chi connectivity index (χ0v) is 15.7. The lowest BCUT2D eigenvalue weighted by atomic mass is 10.1. The molecular weight excluding hydrogens is 362 g/mol. The minimum absolute atomic E-state index is 0.0781. The van der Waals surface area contributed by atoms with Crippen molar-refractivity contribution in [2.24, 2.45) is 0 Å². The fourth-order valence-electron chi connectivity index (χ4n) is 2.34. The first-order chi connectivity index (χ1) is 13.2. The van der Waals surface area contributed by atoms with Crippen molar-refractivity contribution >= 4 is 40.8 Å². The lowest BCUT2D eigenvalue weighted by Gasteiger charge is -2.15. The molecular formula is C20H21N3O5. The van der Waals surface area contributed by atoms with Gasteiger partial charge >= 0.3 is 5.97 Å². The smallest absolute Gasteiger partial charge is 0.339 e. The molecule has 0 heterocycles. The summed E-state index contributed by atoms with van der Waals surface area (Å²) in [5.41, 5.74) is 1.28.